The number of carbonyl (C=O) groups is 1. The van der Waals surface area contributed by atoms with Crippen molar-refractivity contribution in [2.75, 3.05) is 20.3 Å². The SMILES string of the molecule is CCC(CC)(CCO)CNC(=O)c1oc2ccc(OC)cc2c1C. The molecule has 1 heterocycles. The Bertz CT molecular complexity index is 701. The van der Waals surface area contributed by atoms with Gasteiger partial charge in [-0.25, -0.2) is 0 Å². The van der Waals surface area contributed by atoms with Crippen molar-refractivity contribution in [1.82, 2.24) is 5.32 Å². The van der Waals surface area contributed by atoms with Crippen LogP contribution in [0.25, 0.3) is 11.0 Å². The number of ether oxygens (including phenoxy) is 1. The number of rotatable bonds is 8. The van der Waals surface area contributed by atoms with E-state index in [0.717, 1.165) is 29.5 Å². The zero-order chi connectivity index (χ0) is 17.7. The smallest absolute Gasteiger partial charge is 0.287 e. The molecule has 0 spiro atoms. The Kier molecular flexibility index (Phi) is 5.89. The molecular weight excluding hydrogens is 306 g/mol. The number of furan rings is 1. The first-order valence-electron chi connectivity index (χ1n) is 8.46. The van der Waals surface area contributed by atoms with Crippen LogP contribution in [0, 0.1) is 12.3 Å². The molecule has 24 heavy (non-hydrogen) atoms. The molecule has 2 aromatic rings. The minimum absolute atomic E-state index is 0.0758. The number of hydrogen-bond acceptors (Lipinski definition) is 4. The molecule has 0 aliphatic carbocycles. The van der Waals surface area contributed by atoms with Gasteiger partial charge in [-0.1, -0.05) is 13.8 Å². The van der Waals surface area contributed by atoms with Crippen molar-refractivity contribution >= 4 is 16.9 Å². The van der Waals surface area contributed by atoms with Crippen molar-refractivity contribution in [3.63, 3.8) is 0 Å². The third-order valence-corrected chi connectivity index (χ3v) is 5.12. The minimum atomic E-state index is -0.216. The lowest BCUT2D eigenvalue weighted by Crippen LogP contribution is -2.37. The average Bonchev–Trinajstić information content (AvgIpc) is 2.94. The average molecular weight is 333 g/mol. The Labute approximate surface area is 143 Å². The van der Waals surface area contributed by atoms with Crippen LogP contribution in [0.1, 0.15) is 49.2 Å². The van der Waals surface area contributed by atoms with E-state index in [0.29, 0.717) is 24.3 Å². The summed E-state index contributed by atoms with van der Waals surface area (Å²) < 4.78 is 11.0. The van der Waals surface area contributed by atoms with Crippen LogP contribution in [0.2, 0.25) is 0 Å². The highest BCUT2D eigenvalue weighted by atomic mass is 16.5. The van der Waals surface area contributed by atoms with Gasteiger partial charge in [0.1, 0.15) is 11.3 Å². The molecule has 2 N–H and O–H groups in total. The van der Waals surface area contributed by atoms with E-state index >= 15 is 0 Å². The quantitative estimate of drug-likeness (QED) is 0.773. The maximum Gasteiger partial charge on any atom is 0.287 e. The second-order valence-electron chi connectivity index (χ2n) is 6.28. The van der Waals surface area contributed by atoms with Gasteiger partial charge in [-0.3, -0.25) is 4.79 Å². The van der Waals surface area contributed by atoms with E-state index in [-0.39, 0.29) is 17.9 Å². The number of benzene rings is 1. The summed E-state index contributed by atoms with van der Waals surface area (Å²) in [6.45, 7) is 6.70. The van der Waals surface area contributed by atoms with Crippen LogP contribution in [-0.2, 0) is 0 Å². The van der Waals surface area contributed by atoms with E-state index in [1.807, 2.05) is 25.1 Å². The summed E-state index contributed by atoms with van der Waals surface area (Å²) in [4.78, 5) is 12.6. The highest BCUT2D eigenvalue weighted by molar-refractivity contribution is 5.99. The van der Waals surface area contributed by atoms with Crippen LogP contribution in [-0.4, -0.2) is 31.3 Å². The minimum Gasteiger partial charge on any atom is -0.497 e. The van der Waals surface area contributed by atoms with Crippen LogP contribution in [0.15, 0.2) is 22.6 Å². The second-order valence-corrected chi connectivity index (χ2v) is 6.28. The van der Waals surface area contributed by atoms with Crippen LogP contribution in [0.3, 0.4) is 0 Å². The van der Waals surface area contributed by atoms with Gasteiger partial charge in [0.05, 0.1) is 7.11 Å². The van der Waals surface area contributed by atoms with E-state index in [9.17, 15) is 9.90 Å². The summed E-state index contributed by atoms with van der Waals surface area (Å²) in [6, 6.07) is 5.50. The fourth-order valence-electron chi connectivity index (χ4n) is 3.07. The molecule has 5 heteroatoms. The molecule has 1 aromatic heterocycles. The number of nitrogens with one attached hydrogen (secondary N) is 1. The van der Waals surface area contributed by atoms with Gasteiger partial charge in [-0.05, 0) is 49.8 Å². The molecule has 0 saturated heterocycles. The van der Waals surface area contributed by atoms with E-state index in [1.54, 1.807) is 7.11 Å². The Morgan fingerprint density at radius 3 is 2.62 bits per heavy atom. The van der Waals surface area contributed by atoms with Crippen molar-refractivity contribution in [3.05, 3.63) is 29.5 Å². The number of aryl methyl sites for hydroxylation is 1. The fourth-order valence-corrected chi connectivity index (χ4v) is 3.07. The second kappa shape index (κ2) is 7.71. The number of amides is 1. The molecule has 0 aliphatic rings. The van der Waals surface area contributed by atoms with E-state index in [2.05, 4.69) is 19.2 Å². The van der Waals surface area contributed by atoms with Crippen molar-refractivity contribution in [3.8, 4) is 5.75 Å². The summed E-state index contributed by atoms with van der Waals surface area (Å²) in [7, 11) is 1.61. The van der Waals surface area contributed by atoms with Crippen molar-refractivity contribution in [2.45, 2.75) is 40.0 Å². The summed E-state index contributed by atoms with van der Waals surface area (Å²) in [5.74, 6) is 0.854. The van der Waals surface area contributed by atoms with Gasteiger partial charge >= 0.3 is 0 Å². The lowest BCUT2D eigenvalue weighted by molar-refractivity contribution is 0.0881. The van der Waals surface area contributed by atoms with Crippen LogP contribution in [0.4, 0.5) is 0 Å². The topological polar surface area (TPSA) is 71.7 Å². The predicted octanol–water partition coefficient (Wildman–Crippen LogP) is 3.67. The van der Waals surface area contributed by atoms with Gasteiger partial charge in [0, 0.05) is 24.1 Å². The molecule has 1 amide bonds. The third kappa shape index (κ3) is 3.56. The molecule has 1 aromatic carbocycles. The molecule has 0 aliphatic heterocycles. The molecule has 5 nitrogen and oxygen atoms in total. The third-order valence-electron chi connectivity index (χ3n) is 5.12. The molecule has 0 unspecified atom stereocenters. The van der Waals surface area contributed by atoms with Gasteiger partial charge in [-0.15, -0.1) is 0 Å². The van der Waals surface area contributed by atoms with Crippen molar-refractivity contribution < 1.29 is 19.1 Å². The number of carbonyl (C=O) groups excluding carboxylic acids is 1. The Morgan fingerprint density at radius 2 is 2.04 bits per heavy atom. The molecule has 0 radical (unpaired) electrons. The van der Waals surface area contributed by atoms with Crippen LogP contribution < -0.4 is 10.1 Å². The molecule has 0 bridgehead atoms. The highest BCUT2D eigenvalue weighted by Crippen LogP contribution is 2.31. The molecule has 0 fully saturated rings. The molecule has 2 rings (SSSR count). The monoisotopic (exact) mass is 333 g/mol. The van der Waals surface area contributed by atoms with Gasteiger partial charge in [0.25, 0.3) is 5.91 Å². The van der Waals surface area contributed by atoms with E-state index in [4.69, 9.17) is 9.15 Å². The summed E-state index contributed by atoms with van der Waals surface area (Å²) in [5.41, 5.74) is 1.40. The Morgan fingerprint density at radius 1 is 1.33 bits per heavy atom. The largest absolute Gasteiger partial charge is 0.497 e. The standard InChI is InChI=1S/C19H27NO4/c1-5-19(6-2,9-10-21)12-20-18(22)17-13(3)15-11-14(23-4)7-8-16(15)24-17/h7-8,11,21H,5-6,9-10,12H2,1-4H3,(H,20,22). The number of aliphatic hydroxyl groups excluding tert-OH is 1. The predicted molar refractivity (Wildman–Crippen MR) is 94.6 cm³/mol. The van der Waals surface area contributed by atoms with E-state index < -0.39 is 0 Å². The fraction of sp³-hybridized carbons (Fsp3) is 0.526. The molecule has 132 valence electrons. The number of fused-ring (bicyclic) bond motifs is 1. The first-order valence-corrected chi connectivity index (χ1v) is 8.46. The van der Waals surface area contributed by atoms with Gasteiger partial charge in [-0.2, -0.15) is 0 Å². The Hall–Kier alpha value is -2.01. The van der Waals surface area contributed by atoms with Crippen LogP contribution >= 0.6 is 0 Å². The summed E-state index contributed by atoms with van der Waals surface area (Å²) in [5, 5.41) is 13.2. The van der Waals surface area contributed by atoms with Gasteiger partial charge < -0.3 is 19.6 Å². The lowest BCUT2D eigenvalue weighted by atomic mass is 9.79. The molecule has 0 atom stereocenters. The number of hydrogen-bond donors (Lipinski definition) is 2. The maximum atomic E-state index is 12.6. The number of methoxy groups -OCH3 is 1. The maximum absolute atomic E-state index is 12.6. The lowest BCUT2D eigenvalue weighted by Gasteiger charge is -2.31. The first kappa shape index (κ1) is 18.3. The molecule has 0 saturated carbocycles. The summed E-state index contributed by atoms with van der Waals surface area (Å²) >= 11 is 0. The molecular formula is C19H27NO4. The van der Waals surface area contributed by atoms with E-state index in [1.165, 1.54) is 0 Å². The Balaban J connectivity index is 2.20. The van der Waals surface area contributed by atoms with Crippen LogP contribution in [0.5, 0.6) is 5.75 Å². The summed E-state index contributed by atoms with van der Waals surface area (Å²) in [6.07, 6.45) is 2.48. The highest BCUT2D eigenvalue weighted by Gasteiger charge is 2.27. The van der Waals surface area contributed by atoms with Gasteiger partial charge in [0.2, 0.25) is 0 Å². The normalized spacial score (nSPS) is 11.7. The van der Waals surface area contributed by atoms with Crippen molar-refractivity contribution in [1.29, 1.82) is 0 Å². The van der Waals surface area contributed by atoms with Gasteiger partial charge in [0.15, 0.2) is 5.76 Å². The zero-order valence-electron chi connectivity index (χ0n) is 14.9. The van der Waals surface area contributed by atoms with Crippen molar-refractivity contribution in [2.24, 2.45) is 5.41 Å². The number of aliphatic hydroxyl groups is 1. The first-order chi connectivity index (χ1) is 11.5. The zero-order valence-corrected chi connectivity index (χ0v) is 14.9.